The summed E-state index contributed by atoms with van der Waals surface area (Å²) in [5, 5.41) is 3.35. The maximum absolute atomic E-state index is 5.59. The standard InChI is InChI=1S/C12H26N2O.ClH/c1-11(2)10-15-9-8-14-6-4-12(13-3)5-7-14;/h11-13H,4-10H2,1-3H3;1H. The van der Waals surface area contributed by atoms with E-state index in [0.29, 0.717) is 5.92 Å². The van der Waals surface area contributed by atoms with Crippen LogP contribution in [0.15, 0.2) is 0 Å². The summed E-state index contributed by atoms with van der Waals surface area (Å²) in [6.07, 6.45) is 2.56. The van der Waals surface area contributed by atoms with Gasteiger partial charge in [0.25, 0.3) is 0 Å². The van der Waals surface area contributed by atoms with E-state index in [1.54, 1.807) is 0 Å². The van der Waals surface area contributed by atoms with Crippen LogP contribution < -0.4 is 5.32 Å². The first-order valence-electron chi connectivity index (χ1n) is 6.19. The fourth-order valence-corrected chi connectivity index (χ4v) is 1.96. The summed E-state index contributed by atoms with van der Waals surface area (Å²) in [6, 6.07) is 0.734. The first kappa shape index (κ1) is 16.2. The minimum absolute atomic E-state index is 0. The Kier molecular flexibility index (Phi) is 9.32. The molecule has 98 valence electrons. The number of halogens is 1. The fourth-order valence-electron chi connectivity index (χ4n) is 1.96. The van der Waals surface area contributed by atoms with Gasteiger partial charge in [-0.3, -0.25) is 0 Å². The lowest BCUT2D eigenvalue weighted by Gasteiger charge is -2.31. The molecule has 1 rings (SSSR count). The van der Waals surface area contributed by atoms with E-state index < -0.39 is 0 Å². The van der Waals surface area contributed by atoms with Crippen molar-refractivity contribution in [1.29, 1.82) is 0 Å². The third-order valence-corrected chi connectivity index (χ3v) is 3.00. The van der Waals surface area contributed by atoms with Crippen molar-refractivity contribution in [3.8, 4) is 0 Å². The van der Waals surface area contributed by atoms with Crippen LogP contribution in [0.2, 0.25) is 0 Å². The molecule has 0 unspecified atom stereocenters. The topological polar surface area (TPSA) is 24.5 Å². The summed E-state index contributed by atoms with van der Waals surface area (Å²) in [6.45, 7) is 9.71. The van der Waals surface area contributed by atoms with Gasteiger partial charge in [-0.05, 0) is 38.9 Å². The number of nitrogens with zero attached hydrogens (tertiary/aromatic N) is 1. The molecule has 0 spiro atoms. The van der Waals surface area contributed by atoms with Crippen molar-refractivity contribution in [2.45, 2.75) is 32.7 Å². The van der Waals surface area contributed by atoms with Crippen molar-refractivity contribution in [1.82, 2.24) is 10.2 Å². The minimum atomic E-state index is 0. The number of piperidine rings is 1. The van der Waals surface area contributed by atoms with Crippen molar-refractivity contribution < 1.29 is 4.74 Å². The van der Waals surface area contributed by atoms with Crippen molar-refractivity contribution in [2.75, 3.05) is 39.9 Å². The van der Waals surface area contributed by atoms with Crippen molar-refractivity contribution in [2.24, 2.45) is 5.92 Å². The zero-order valence-corrected chi connectivity index (χ0v) is 11.7. The van der Waals surface area contributed by atoms with Crippen LogP contribution in [0.4, 0.5) is 0 Å². The molecule has 16 heavy (non-hydrogen) atoms. The van der Waals surface area contributed by atoms with Crippen molar-refractivity contribution in [3.63, 3.8) is 0 Å². The second kappa shape index (κ2) is 9.23. The Hall–Kier alpha value is 0.170. The zero-order chi connectivity index (χ0) is 11.1. The van der Waals surface area contributed by atoms with Gasteiger partial charge < -0.3 is 15.0 Å². The monoisotopic (exact) mass is 250 g/mol. The summed E-state index contributed by atoms with van der Waals surface area (Å²) in [5.41, 5.74) is 0. The van der Waals surface area contributed by atoms with Crippen LogP contribution in [0, 0.1) is 5.92 Å². The minimum Gasteiger partial charge on any atom is -0.380 e. The zero-order valence-electron chi connectivity index (χ0n) is 10.9. The van der Waals surface area contributed by atoms with Crippen molar-refractivity contribution >= 4 is 12.4 Å². The molecule has 3 nitrogen and oxygen atoms in total. The van der Waals surface area contributed by atoms with Crippen LogP contribution in [-0.4, -0.2) is 50.8 Å². The SMILES string of the molecule is CNC1CCN(CCOCC(C)C)CC1.Cl. The highest BCUT2D eigenvalue weighted by atomic mass is 35.5. The average Bonchev–Trinajstić information content (AvgIpc) is 2.25. The number of rotatable bonds is 6. The molecule has 0 atom stereocenters. The highest BCUT2D eigenvalue weighted by Crippen LogP contribution is 2.09. The van der Waals surface area contributed by atoms with Crippen LogP contribution in [0.5, 0.6) is 0 Å². The van der Waals surface area contributed by atoms with Crippen LogP contribution >= 0.6 is 12.4 Å². The molecule has 0 aromatic rings. The van der Waals surface area contributed by atoms with E-state index in [4.69, 9.17) is 4.74 Å². The quantitative estimate of drug-likeness (QED) is 0.728. The molecule has 0 aromatic heterocycles. The molecular formula is C12H27ClN2O. The molecular weight excluding hydrogens is 224 g/mol. The number of nitrogens with one attached hydrogen (secondary N) is 1. The second-order valence-corrected chi connectivity index (χ2v) is 4.87. The Morgan fingerprint density at radius 2 is 1.94 bits per heavy atom. The number of likely N-dealkylation sites (tertiary alicyclic amines) is 1. The summed E-state index contributed by atoms with van der Waals surface area (Å²) >= 11 is 0. The van der Waals surface area contributed by atoms with Crippen LogP contribution in [0.3, 0.4) is 0 Å². The lowest BCUT2D eigenvalue weighted by Crippen LogP contribution is -2.42. The molecule has 1 fully saturated rings. The predicted molar refractivity (Wildman–Crippen MR) is 71.4 cm³/mol. The first-order valence-corrected chi connectivity index (χ1v) is 6.19. The van der Waals surface area contributed by atoms with Gasteiger partial charge in [0.2, 0.25) is 0 Å². The third-order valence-electron chi connectivity index (χ3n) is 3.00. The van der Waals surface area contributed by atoms with Crippen LogP contribution in [-0.2, 0) is 4.74 Å². The normalized spacial score (nSPS) is 18.8. The number of ether oxygens (including phenoxy) is 1. The third kappa shape index (κ3) is 6.69. The van der Waals surface area contributed by atoms with E-state index in [1.165, 1.54) is 25.9 Å². The Morgan fingerprint density at radius 1 is 1.31 bits per heavy atom. The lowest BCUT2D eigenvalue weighted by atomic mass is 10.1. The fraction of sp³-hybridized carbons (Fsp3) is 1.00. The molecule has 4 heteroatoms. The van der Waals surface area contributed by atoms with E-state index in [2.05, 4.69) is 31.1 Å². The van der Waals surface area contributed by atoms with Gasteiger partial charge >= 0.3 is 0 Å². The van der Waals surface area contributed by atoms with Gasteiger partial charge in [-0.2, -0.15) is 0 Å². The van der Waals surface area contributed by atoms with E-state index in [0.717, 1.165) is 25.8 Å². The Bertz CT molecular complexity index is 159. The molecule has 0 bridgehead atoms. The summed E-state index contributed by atoms with van der Waals surface area (Å²) in [5.74, 6) is 0.653. The van der Waals surface area contributed by atoms with Gasteiger partial charge in [-0.15, -0.1) is 12.4 Å². The van der Waals surface area contributed by atoms with Gasteiger partial charge in [0.15, 0.2) is 0 Å². The van der Waals surface area contributed by atoms with Crippen LogP contribution in [0.1, 0.15) is 26.7 Å². The first-order chi connectivity index (χ1) is 7.22. The van der Waals surface area contributed by atoms with E-state index in [-0.39, 0.29) is 12.4 Å². The van der Waals surface area contributed by atoms with Crippen LogP contribution in [0.25, 0.3) is 0 Å². The van der Waals surface area contributed by atoms with Gasteiger partial charge in [0.1, 0.15) is 0 Å². The Labute approximate surface area is 106 Å². The van der Waals surface area contributed by atoms with Gasteiger partial charge in [0.05, 0.1) is 6.61 Å². The average molecular weight is 251 g/mol. The number of hydrogen-bond donors (Lipinski definition) is 1. The van der Waals surface area contributed by atoms with E-state index in [1.807, 2.05) is 0 Å². The van der Waals surface area contributed by atoms with Gasteiger partial charge in [0, 0.05) is 19.2 Å². The molecule has 0 saturated carbocycles. The molecule has 1 heterocycles. The molecule has 1 aliphatic heterocycles. The summed E-state index contributed by atoms with van der Waals surface area (Å²) < 4.78 is 5.59. The maximum Gasteiger partial charge on any atom is 0.0593 e. The maximum atomic E-state index is 5.59. The predicted octanol–water partition coefficient (Wildman–Crippen LogP) is 1.76. The summed E-state index contributed by atoms with van der Waals surface area (Å²) in [7, 11) is 2.06. The molecule has 1 N–H and O–H groups in total. The molecule has 0 radical (unpaired) electrons. The largest absolute Gasteiger partial charge is 0.380 e. The molecule has 0 amide bonds. The number of hydrogen-bond acceptors (Lipinski definition) is 3. The molecule has 0 aromatic carbocycles. The molecule has 0 aliphatic carbocycles. The van der Waals surface area contributed by atoms with Crippen molar-refractivity contribution in [3.05, 3.63) is 0 Å². The molecule has 1 aliphatic rings. The second-order valence-electron chi connectivity index (χ2n) is 4.87. The Balaban J connectivity index is 0.00000225. The lowest BCUT2D eigenvalue weighted by molar-refractivity contribution is 0.0769. The smallest absolute Gasteiger partial charge is 0.0593 e. The Morgan fingerprint density at radius 3 is 2.44 bits per heavy atom. The van der Waals surface area contributed by atoms with E-state index >= 15 is 0 Å². The molecule has 1 saturated heterocycles. The van der Waals surface area contributed by atoms with E-state index in [9.17, 15) is 0 Å². The van der Waals surface area contributed by atoms with Gasteiger partial charge in [-0.25, -0.2) is 0 Å². The summed E-state index contributed by atoms with van der Waals surface area (Å²) in [4.78, 5) is 2.51. The highest BCUT2D eigenvalue weighted by Gasteiger charge is 2.16. The highest BCUT2D eigenvalue weighted by molar-refractivity contribution is 5.85. The van der Waals surface area contributed by atoms with Gasteiger partial charge in [-0.1, -0.05) is 13.8 Å².